The molecule has 1 saturated heterocycles. The summed E-state index contributed by atoms with van der Waals surface area (Å²) < 4.78 is 11.1. The van der Waals surface area contributed by atoms with E-state index in [1.165, 1.54) is 30.5 Å². The van der Waals surface area contributed by atoms with Gasteiger partial charge in [-0.3, -0.25) is 14.9 Å². The first-order valence-corrected chi connectivity index (χ1v) is 8.69. The zero-order chi connectivity index (χ0) is 21.2. The van der Waals surface area contributed by atoms with E-state index in [2.05, 4.69) is 4.98 Å². The third-order valence-electron chi connectivity index (χ3n) is 4.91. The number of ether oxygens (including phenoxy) is 2. The first-order chi connectivity index (χ1) is 13.8. The number of nitro groups is 1. The summed E-state index contributed by atoms with van der Waals surface area (Å²) >= 11 is 0. The van der Waals surface area contributed by atoms with E-state index in [9.17, 15) is 24.8 Å². The summed E-state index contributed by atoms with van der Waals surface area (Å²) in [6, 6.07) is 7.02. The molecule has 10 nitrogen and oxygen atoms in total. The Balaban J connectivity index is 2.12. The van der Waals surface area contributed by atoms with E-state index >= 15 is 0 Å². The highest BCUT2D eigenvalue weighted by Gasteiger charge is 2.40. The number of carboxylic acid groups (broad SMARTS) is 1. The van der Waals surface area contributed by atoms with E-state index < -0.39 is 22.3 Å². The molecule has 1 amide bonds. The third-order valence-corrected chi connectivity index (χ3v) is 4.91. The molecular formula is C19H19N3O7. The Hall–Kier alpha value is -3.37. The summed E-state index contributed by atoms with van der Waals surface area (Å²) in [6.07, 6.45) is 0.592. The van der Waals surface area contributed by atoms with Crippen LogP contribution in [-0.4, -0.2) is 47.2 Å². The minimum Gasteiger partial charge on any atom is -0.464 e. The van der Waals surface area contributed by atoms with Crippen molar-refractivity contribution < 1.29 is 29.1 Å². The first-order valence-electron chi connectivity index (χ1n) is 8.69. The predicted molar refractivity (Wildman–Crippen MR) is 102 cm³/mol. The fraction of sp³-hybridized carbons (Fsp3) is 0.316. The summed E-state index contributed by atoms with van der Waals surface area (Å²) in [5.74, 6) is -0.214. The van der Waals surface area contributed by atoms with Gasteiger partial charge >= 0.3 is 6.09 Å². The number of hydrogen-bond donors (Lipinski definition) is 1. The van der Waals surface area contributed by atoms with Crippen LogP contribution in [0.3, 0.4) is 0 Å². The van der Waals surface area contributed by atoms with Gasteiger partial charge in [-0.1, -0.05) is 6.07 Å². The Kier molecular flexibility index (Phi) is 5.57. The topological polar surface area (TPSA) is 132 Å². The van der Waals surface area contributed by atoms with Crippen molar-refractivity contribution in [3.63, 3.8) is 0 Å². The molecule has 1 aliphatic heterocycles. The number of hydrogen-bond acceptors (Lipinski definition) is 7. The maximum Gasteiger partial charge on any atom is 0.417 e. The fourth-order valence-corrected chi connectivity index (χ4v) is 3.37. The van der Waals surface area contributed by atoms with E-state index in [0.29, 0.717) is 29.8 Å². The summed E-state index contributed by atoms with van der Waals surface area (Å²) in [6.45, 7) is 2.14. The highest BCUT2D eigenvalue weighted by atomic mass is 16.6. The number of nitro benzene ring substituents is 1. The second-order valence-electron chi connectivity index (χ2n) is 6.72. The Morgan fingerprint density at radius 1 is 1.48 bits per heavy atom. The molecule has 3 rings (SSSR count). The lowest BCUT2D eigenvalue weighted by Crippen LogP contribution is -2.27. The molecule has 0 spiro atoms. The van der Waals surface area contributed by atoms with Crippen molar-refractivity contribution in [2.24, 2.45) is 0 Å². The van der Waals surface area contributed by atoms with Crippen LogP contribution >= 0.6 is 0 Å². The highest BCUT2D eigenvalue weighted by Crippen LogP contribution is 2.41. The molecule has 0 radical (unpaired) electrons. The molecule has 152 valence electrons. The van der Waals surface area contributed by atoms with Gasteiger partial charge in [0.25, 0.3) is 5.69 Å². The number of aromatic nitrogens is 1. The van der Waals surface area contributed by atoms with E-state index in [1.807, 2.05) is 0 Å². The lowest BCUT2D eigenvalue weighted by atomic mass is 9.91. The molecule has 2 aromatic rings. The number of carbonyl (C=O) groups is 2. The second-order valence-corrected chi connectivity index (χ2v) is 6.72. The van der Waals surface area contributed by atoms with E-state index in [4.69, 9.17) is 9.47 Å². The summed E-state index contributed by atoms with van der Waals surface area (Å²) in [5, 5.41) is 21.5. The number of anilines is 2. The molecule has 0 aliphatic carbocycles. The number of methoxy groups -OCH3 is 1. The Morgan fingerprint density at radius 3 is 2.83 bits per heavy atom. The summed E-state index contributed by atoms with van der Waals surface area (Å²) in [4.78, 5) is 38.9. The summed E-state index contributed by atoms with van der Waals surface area (Å²) in [7, 11) is 1.56. The number of rotatable bonds is 6. The van der Waals surface area contributed by atoms with Crippen LogP contribution in [0.5, 0.6) is 0 Å². The van der Waals surface area contributed by atoms with Crippen molar-refractivity contribution in [2.75, 3.05) is 18.6 Å². The first kappa shape index (κ1) is 20.4. The van der Waals surface area contributed by atoms with Crippen molar-refractivity contribution in [1.29, 1.82) is 0 Å². The van der Waals surface area contributed by atoms with Crippen LogP contribution in [0, 0.1) is 10.1 Å². The summed E-state index contributed by atoms with van der Waals surface area (Å²) in [5.41, 5.74) is -0.968. The van der Waals surface area contributed by atoms with Gasteiger partial charge in [0.1, 0.15) is 5.69 Å². The van der Waals surface area contributed by atoms with Crippen molar-refractivity contribution in [3.8, 4) is 0 Å². The molecular weight excluding hydrogens is 382 g/mol. The Labute approximate surface area is 165 Å². The van der Waals surface area contributed by atoms with Crippen molar-refractivity contribution in [1.82, 2.24) is 4.98 Å². The van der Waals surface area contributed by atoms with Crippen LogP contribution in [0.4, 0.5) is 22.0 Å². The molecule has 1 fully saturated rings. The van der Waals surface area contributed by atoms with Crippen LogP contribution < -0.4 is 4.90 Å². The number of benzene rings is 1. The molecule has 1 aromatic carbocycles. The van der Waals surface area contributed by atoms with Gasteiger partial charge in [-0.2, -0.15) is 0 Å². The van der Waals surface area contributed by atoms with Gasteiger partial charge in [-0.25, -0.2) is 14.7 Å². The molecule has 2 heterocycles. The average Bonchev–Trinajstić information content (AvgIpc) is 3.11. The zero-order valence-corrected chi connectivity index (χ0v) is 15.8. The number of amides is 1. The van der Waals surface area contributed by atoms with Crippen LogP contribution in [0.15, 0.2) is 36.5 Å². The fourth-order valence-electron chi connectivity index (χ4n) is 3.37. The number of aldehydes is 1. The SMILES string of the molecule is COC1COC(C)(c2ccc(N(C(=O)O)c3ncccc3C=O)c([N+](=O)[O-])c2)C1. The van der Waals surface area contributed by atoms with Gasteiger partial charge in [0.05, 0.1) is 28.8 Å². The predicted octanol–water partition coefficient (Wildman–Crippen LogP) is 3.27. The molecule has 2 atom stereocenters. The van der Waals surface area contributed by atoms with E-state index in [-0.39, 0.29) is 23.2 Å². The molecule has 2 unspecified atom stereocenters. The minimum atomic E-state index is -1.51. The smallest absolute Gasteiger partial charge is 0.417 e. The lowest BCUT2D eigenvalue weighted by Gasteiger charge is -2.25. The van der Waals surface area contributed by atoms with Crippen molar-refractivity contribution in [3.05, 3.63) is 57.8 Å². The zero-order valence-electron chi connectivity index (χ0n) is 15.8. The van der Waals surface area contributed by atoms with E-state index in [0.717, 1.165) is 0 Å². The third kappa shape index (κ3) is 3.80. The molecule has 0 bridgehead atoms. The van der Waals surface area contributed by atoms with Crippen LogP contribution in [0.25, 0.3) is 0 Å². The Morgan fingerprint density at radius 2 is 2.24 bits per heavy atom. The minimum absolute atomic E-state index is 0.0118. The van der Waals surface area contributed by atoms with Crippen LogP contribution in [0.2, 0.25) is 0 Å². The molecule has 1 N–H and O–H groups in total. The van der Waals surface area contributed by atoms with Gasteiger partial charge in [-0.15, -0.1) is 0 Å². The van der Waals surface area contributed by atoms with Crippen LogP contribution in [0.1, 0.15) is 29.3 Å². The highest BCUT2D eigenvalue weighted by molar-refractivity contribution is 6.00. The number of pyridine rings is 1. The monoisotopic (exact) mass is 401 g/mol. The van der Waals surface area contributed by atoms with Gasteiger partial charge in [-0.05, 0) is 30.7 Å². The largest absolute Gasteiger partial charge is 0.464 e. The van der Waals surface area contributed by atoms with Crippen LogP contribution in [-0.2, 0) is 15.1 Å². The van der Waals surface area contributed by atoms with E-state index in [1.54, 1.807) is 20.1 Å². The van der Waals surface area contributed by atoms with Gasteiger partial charge in [0.2, 0.25) is 0 Å². The maximum atomic E-state index is 11.9. The van der Waals surface area contributed by atoms with Gasteiger partial charge in [0, 0.05) is 25.8 Å². The van der Waals surface area contributed by atoms with Crippen molar-refractivity contribution >= 4 is 29.6 Å². The number of nitrogens with zero attached hydrogens (tertiary/aromatic N) is 3. The molecule has 1 aromatic heterocycles. The quantitative estimate of drug-likeness (QED) is 0.443. The second kappa shape index (κ2) is 7.94. The lowest BCUT2D eigenvalue weighted by molar-refractivity contribution is -0.384. The molecule has 10 heteroatoms. The molecule has 29 heavy (non-hydrogen) atoms. The van der Waals surface area contributed by atoms with Gasteiger partial charge < -0.3 is 14.6 Å². The Bertz CT molecular complexity index is 965. The van der Waals surface area contributed by atoms with Gasteiger partial charge in [0.15, 0.2) is 12.1 Å². The normalized spacial score (nSPS) is 21.0. The number of carbonyl (C=O) groups excluding carboxylic acids is 1. The maximum absolute atomic E-state index is 11.9. The van der Waals surface area contributed by atoms with Crippen molar-refractivity contribution in [2.45, 2.75) is 25.0 Å². The standard InChI is InChI=1S/C19H19N3O7/c1-19(9-14(28-2)11-29-19)13-5-6-15(16(8-13)22(26)27)21(18(24)25)17-12(10-23)4-3-7-20-17/h3-8,10,14H,9,11H2,1-2H3,(H,24,25). The average molecular weight is 401 g/mol. The molecule has 0 saturated carbocycles. The molecule has 1 aliphatic rings.